The van der Waals surface area contributed by atoms with Crippen molar-refractivity contribution >= 4 is 12.1 Å². The first-order chi connectivity index (χ1) is 15.6. The molecule has 0 saturated heterocycles. The van der Waals surface area contributed by atoms with Gasteiger partial charge in [-0.25, -0.2) is 4.79 Å². The van der Waals surface area contributed by atoms with Gasteiger partial charge in [-0.05, 0) is 16.7 Å². The van der Waals surface area contributed by atoms with E-state index in [4.69, 9.17) is 14.2 Å². The Bertz CT molecular complexity index is 969. The molecule has 0 saturated carbocycles. The fourth-order valence-corrected chi connectivity index (χ4v) is 3.03. The molecule has 0 aliphatic heterocycles. The number of hydrogen-bond donors (Lipinski definition) is 1. The van der Waals surface area contributed by atoms with E-state index in [1.54, 1.807) is 30.3 Å². The molecule has 2 atom stereocenters. The predicted octanol–water partition coefficient (Wildman–Crippen LogP) is 4.71. The normalized spacial score (nSPS) is 12.5. The molecule has 0 spiro atoms. The van der Waals surface area contributed by atoms with Crippen LogP contribution in [0.2, 0.25) is 0 Å². The number of carbonyl (C=O) groups is 2. The van der Waals surface area contributed by atoms with Crippen molar-refractivity contribution in [2.45, 2.75) is 25.4 Å². The molecule has 32 heavy (non-hydrogen) atoms. The minimum Gasteiger partial charge on any atom is -0.445 e. The van der Waals surface area contributed by atoms with Crippen LogP contribution in [0, 0.1) is 0 Å². The Morgan fingerprint density at radius 3 is 1.88 bits per heavy atom. The third-order valence-corrected chi connectivity index (χ3v) is 4.61. The first-order valence-electron chi connectivity index (χ1n) is 10.1. The van der Waals surface area contributed by atoms with E-state index in [1.807, 2.05) is 60.7 Å². The maximum atomic E-state index is 13.9. The second-order valence-corrected chi connectivity index (χ2v) is 6.94. The van der Waals surface area contributed by atoms with Gasteiger partial charge in [0, 0.05) is 0 Å². The Morgan fingerprint density at radius 2 is 1.31 bits per heavy atom. The van der Waals surface area contributed by atoms with Crippen molar-refractivity contribution in [2.75, 3.05) is 6.79 Å². The van der Waals surface area contributed by atoms with Crippen LogP contribution in [0.3, 0.4) is 0 Å². The first-order valence-corrected chi connectivity index (χ1v) is 10.1. The van der Waals surface area contributed by atoms with Gasteiger partial charge in [-0.2, -0.15) is 4.39 Å². The summed E-state index contributed by atoms with van der Waals surface area (Å²) in [5.41, 5.74) is 2.19. The summed E-state index contributed by atoms with van der Waals surface area (Å²) < 4.78 is 30.0. The number of rotatable bonds is 11. The van der Waals surface area contributed by atoms with Crippen LogP contribution in [0.15, 0.2) is 91.0 Å². The highest BCUT2D eigenvalue weighted by Gasteiger charge is 2.32. The largest absolute Gasteiger partial charge is 0.445 e. The molecule has 0 bridgehead atoms. The number of benzene rings is 3. The second-order valence-electron chi connectivity index (χ2n) is 6.94. The van der Waals surface area contributed by atoms with Crippen LogP contribution in [0.5, 0.6) is 0 Å². The van der Waals surface area contributed by atoms with E-state index in [-0.39, 0.29) is 20.0 Å². The summed E-state index contributed by atoms with van der Waals surface area (Å²) in [6.07, 6.45) is -2.40. The van der Waals surface area contributed by atoms with Gasteiger partial charge in [0.25, 0.3) is 0 Å². The highest BCUT2D eigenvalue weighted by molar-refractivity contribution is 5.76. The van der Waals surface area contributed by atoms with E-state index in [9.17, 15) is 14.0 Å². The third-order valence-electron chi connectivity index (χ3n) is 4.61. The van der Waals surface area contributed by atoms with E-state index < -0.39 is 24.3 Å². The van der Waals surface area contributed by atoms with Crippen LogP contribution in [-0.2, 0) is 32.2 Å². The third kappa shape index (κ3) is 7.30. The number of amides is 1. The van der Waals surface area contributed by atoms with E-state index >= 15 is 0 Å². The summed E-state index contributed by atoms with van der Waals surface area (Å²) in [6, 6.07) is 24.1. The van der Waals surface area contributed by atoms with Gasteiger partial charge in [-0.3, -0.25) is 4.79 Å². The molecule has 0 fully saturated rings. The fraction of sp³-hybridized carbons (Fsp3) is 0.200. The van der Waals surface area contributed by atoms with Crippen molar-refractivity contribution in [3.05, 3.63) is 108 Å². The van der Waals surface area contributed by atoms with E-state index in [0.29, 0.717) is 5.56 Å². The number of hydrogen-bond acceptors (Lipinski definition) is 5. The SMILES string of the molecule is O=C(N[C@@H](c1ccccc1)[C@@H](OCOCc1ccccc1)C(=O)F)OCc1ccccc1. The lowest BCUT2D eigenvalue weighted by atomic mass is 10.0. The molecular formula is C25H24FNO5. The summed E-state index contributed by atoms with van der Waals surface area (Å²) in [5.74, 6) is 0. The van der Waals surface area contributed by atoms with Crippen LogP contribution in [0.4, 0.5) is 9.18 Å². The average Bonchev–Trinajstić information content (AvgIpc) is 2.83. The quantitative estimate of drug-likeness (QED) is 0.267. The molecule has 0 aliphatic carbocycles. The Balaban J connectivity index is 1.63. The first kappa shape index (κ1) is 23.1. The molecule has 0 unspecified atom stereocenters. The summed E-state index contributed by atoms with van der Waals surface area (Å²) in [4.78, 5) is 24.1. The minimum absolute atomic E-state index is 0.0312. The van der Waals surface area contributed by atoms with Gasteiger partial charge in [0.15, 0.2) is 6.10 Å². The molecular weight excluding hydrogens is 413 g/mol. The molecule has 6 nitrogen and oxygen atoms in total. The van der Waals surface area contributed by atoms with Crippen LogP contribution >= 0.6 is 0 Å². The smallest absolute Gasteiger partial charge is 0.408 e. The molecule has 3 aromatic rings. The highest BCUT2D eigenvalue weighted by Crippen LogP contribution is 2.21. The lowest BCUT2D eigenvalue weighted by molar-refractivity contribution is -0.157. The summed E-state index contributed by atoms with van der Waals surface area (Å²) in [7, 11) is 0. The second kappa shape index (κ2) is 12.3. The zero-order valence-corrected chi connectivity index (χ0v) is 17.4. The van der Waals surface area contributed by atoms with Crippen molar-refractivity contribution < 1.29 is 28.2 Å². The Kier molecular flexibility index (Phi) is 8.92. The van der Waals surface area contributed by atoms with Gasteiger partial charge in [0.1, 0.15) is 13.4 Å². The highest BCUT2D eigenvalue weighted by atomic mass is 19.1. The number of alkyl carbamates (subject to hydrolysis) is 1. The number of halogens is 1. The Labute approximate surface area is 185 Å². The maximum Gasteiger partial charge on any atom is 0.408 e. The predicted molar refractivity (Wildman–Crippen MR) is 116 cm³/mol. The van der Waals surface area contributed by atoms with E-state index in [2.05, 4.69) is 5.32 Å². The molecule has 0 heterocycles. The van der Waals surface area contributed by atoms with Gasteiger partial charge in [-0.15, -0.1) is 0 Å². The molecule has 1 N–H and O–H groups in total. The minimum atomic E-state index is -1.73. The van der Waals surface area contributed by atoms with Crippen LogP contribution in [-0.4, -0.2) is 25.0 Å². The lowest BCUT2D eigenvalue weighted by Crippen LogP contribution is -2.41. The number of carbonyl (C=O) groups excluding carboxylic acids is 2. The topological polar surface area (TPSA) is 73.9 Å². The van der Waals surface area contributed by atoms with Gasteiger partial charge in [0.05, 0.1) is 12.6 Å². The monoisotopic (exact) mass is 437 g/mol. The van der Waals surface area contributed by atoms with Crippen molar-refractivity contribution in [3.8, 4) is 0 Å². The maximum absolute atomic E-state index is 13.9. The van der Waals surface area contributed by atoms with Gasteiger partial charge < -0.3 is 19.5 Å². The van der Waals surface area contributed by atoms with Crippen molar-refractivity contribution in [3.63, 3.8) is 0 Å². The summed E-state index contributed by atoms with van der Waals surface area (Å²) in [5, 5.41) is 2.54. The van der Waals surface area contributed by atoms with Gasteiger partial charge in [0.2, 0.25) is 0 Å². The van der Waals surface area contributed by atoms with E-state index in [0.717, 1.165) is 11.1 Å². The van der Waals surface area contributed by atoms with Gasteiger partial charge in [-0.1, -0.05) is 91.0 Å². The van der Waals surface area contributed by atoms with E-state index in [1.165, 1.54) is 0 Å². The lowest BCUT2D eigenvalue weighted by Gasteiger charge is -2.25. The zero-order valence-electron chi connectivity index (χ0n) is 17.4. The van der Waals surface area contributed by atoms with Crippen LogP contribution < -0.4 is 5.32 Å². The van der Waals surface area contributed by atoms with Crippen LogP contribution in [0.25, 0.3) is 0 Å². The Hall–Kier alpha value is -3.55. The number of ether oxygens (including phenoxy) is 3. The molecule has 1 amide bonds. The standard InChI is InChI=1S/C25H24FNO5/c26-24(28)23(32-18-30-16-19-10-4-1-5-11-19)22(21-14-8-3-9-15-21)27-25(29)31-17-20-12-6-2-7-13-20/h1-15,22-23H,16-18H2,(H,27,29)/t22-,23+/m0/s1. The summed E-state index contributed by atoms with van der Waals surface area (Å²) in [6.45, 7) is -0.0701. The molecule has 0 radical (unpaired) electrons. The van der Waals surface area contributed by atoms with Crippen molar-refractivity contribution in [1.82, 2.24) is 5.32 Å². The molecule has 3 rings (SSSR count). The van der Waals surface area contributed by atoms with Gasteiger partial charge >= 0.3 is 12.1 Å². The molecule has 7 heteroatoms. The fourth-order valence-electron chi connectivity index (χ4n) is 3.03. The zero-order chi connectivity index (χ0) is 22.6. The van der Waals surface area contributed by atoms with Crippen molar-refractivity contribution in [1.29, 1.82) is 0 Å². The van der Waals surface area contributed by atoms with Crippen LogP contribution in [0.1, 0.15) is 22.7 Å². The molecule has 0 aliphatic rings. The molecule has 166 valence electrons. The van der Waals surface area contributed by atoms with Crippen molar-refractivity contribution in [2.24, 2.45) is 0 Å². The molecule has 0 aromatic heterocycles. The molecule has 3 aromatic carbocycles. The number of nitrogens with one attached hydrogen (secondary N) is 1. The average molecular weight is 437 g/mol. The Morgan fingerprint density at radius 1 is 0.781 bits per heavy atom. The summed E-state index contributed by atoms with van der Waals surface area (Å²) >= 11 is 0.